The van der Waals surface area contributed by atoms with Crippen molar-refractivity contribution < 1.29 is 4.74 Å². The lowest BCUT2D eigenvalue weighted by Gasteiger charge is -2.41. The molecule has 2 rings (SSSR count). The Morgan fingerprint density at radius 3 is 2.53 bits per heavy atom. The summed E-state index contributed by atoms with van der Waals surface area (Å²) in [6.07, 6.45) is 5.67. The molecule has 0 aromatic rings. The average Bonchev–Trinajstić information content (AvgIpc) is 2.24. The molecule has 1 saturated heterocycles. The molecule has 2 fully saturated rings. The lowest BCUT2D eigenvalue weighted by atomic mass is 9.69. The minimum Gasteiger partial charge on any atom is -0.381 e. The smallest absolute Gasteiger partial charge is 0.0703 e. The van der Waals surface area contributed by atoms with Gasteiger partial charge in [-0.1, -0.05) is 6.42 Å². The maximum Gasteiger partial charge on any atom is 0.0703 e. The molecule has 0 N–H and O–H groups in total. The molecule has 1 heterocycles. The van der Waals surface area contributed by atoms with Gasteiger partial charge in [0.2, 0.25) is 0 Å². The highest BCUT2D eigenvalue weighted by Crippen LogP contribution is 2.41. The zero-order valence-corrected chi connectivity index (χ0v) is 9.54. The highest BCUT2D eigenvalue weighted by Gasteiger charge is 2.39. The molecule has 0 atom stereocenters. The summed E-state index contributed by atoms with van der Waals surface area (Å²) in [6.45, 7) is 2.72. The van der Waals surface area contributed by atoms with E-state index in [1.165, 1.54) is 6.42 Å². The summed E-state index contributed by atoms with van der Waals surface area (Å²) in [6, 6.07) is 3.14. The maximum absolute atomic E-state index is 9.18. The lowest BCUT2D eigenvalue weighted by molar-refractivity contribution is 0.0233. The number of ether oxygens (including phenoxy) is 1. The van der Waals surface area contributed by atoms with Gasteiger partial charge >= 0.3 is 0 Å². The zero-order valence-electron chi connectivity index (χ0n) is 9.54. The molecule has 15 heavy (non-hydrogen) atoms. The fourth-order valence-electron chi connectivity index (χ4n) is 2.64. The maximum atomic E-state index is 9.18. The van der Waals surface area contributed by atoms with Crippen molar-refractivity contribution >= 4 is 0 Å². The Morgan fingerprint density at radius 1 is 1.40 bits per heavy atom. The van der Waals surface area contributed by atoms with Crippen molar-refractivity contribution in [3.63, 3.8) is 0 Å². The number of nitriles is 1. The van der Waals surface area contributed by atoms with Crippen LogP contribution in [0.2, 0.25) is 0 Å². The summed E-state index contributed by atoms with van der Waals surface area (Å²) in [5, 5.41) is 9.18. The van der Waals surface area contributed by atoms with Crippen molar-refractivity contribution in [3.05, 3.63) is 0 Å². The van der Waals surface area contributed by atoms with Crippen LogP contribution in [-0.2, 0) is 4.74 Å². The van der Waals surface area contributed by atoms with Gasteiger partial charge in [-0.2, -0.15) is 5.26 Å². The molecule has 0 aromatic carbocycles. The predicted molar refractivity (Wildman–Crippen MR) is 58.4 cm³/mol. The fourth-order valence-corrected chi connectivity index (χ4v) is 2.64. The van der Waals surface area contributed by atoms with Crippen molar-refractivity contribution in [2.24, 2.45) is 5.41 Å². The number of hydrogen-bond acceptors (Lipinski definition) is 3. The number of rotatable bonds is 3. The first kappa shape index (κ1) is 10.9. The SMILES string of the molecule is CN(CC1(C#N)CCC1)C1CCOCC1. The van der Waals surface area contributed by atoms with Gasteiger partial charge in [-0.25, -0.2) is 0 Å². The predicted octanol–water partition coefficient (Wildman–Crippen LogP) is 1.79. The van der Waals surface area contributed by atoms with E-state index in [1.807, 2.05) is 0 Å². The first-order valence-corrected chi connectivity index (χ1v) is 5.95. The minimum atomic E-state index is -0.0208. The van der Waals surface area contributed by atoms with Crippen LogP contribution >= 0.6 is 0 Å². The first-order valence-electron chi connectivity index (χ1n) is 5.95. The number of hydrogen-bond donors (Lipinski definition) is 0. The summed E-state index contributed by atoms with van der Waals surface area (Å²) < 4.78 is 5.35. The second-order valence-corrected chi connectivity index (χ2v) is 5.00. The van der Waals surface area contributed by atoms with Crippen molar-refractivity contribution in [1.82, 2.24) is 4.90 Å². The van der Waals surface area contributed by atoms with Gasteiger partial charge in [-0.15, -0.1) is 0 Å². The molecule has 0 bridgehead atoms. The van der Waals surface area contributed by atoms with Gasteiger partial charge in [-0.3, -0.25) is 0 Å². The van der Waals surface area contributed by atoms with Crippen LogP contribution < -0.4 is 0 Å². The first-order chi connectivity index (χ1) is 7.26. The van der Waals surface area contributed by atoms with Crippen LogP contribution in [0.5, 0.6) is 0 Å². The second-order valence-electron chi connectivity index (χ2n) is 5.00. The highest BCUT2D eigenvalue weighted by molar-refractivity contribution is 5.06. The quantitative estimate of drug-likeness (QED) is 0.709. The Labute approximate surface area is 92.0 Å². The molecular weight excluding hydrogens is 188 g/mol. The van der Waals surface area contributed by atoms with Gasteiger partial charge in [0.25, 0.3) is 0 Å². The average molecular weight is 208 g/mol. The van der Waals surface area contributed by atoms with E-state index in [4.69, 9.17) is 4.74 Å². The molecular formula is C12H20N2O. The van der Waals surface area contributed by atoms with Gasteiger partial charge in [0.15, 0.2) is 0 Å². The molecule has 0 unspecified atom stereocenters. The molecule has 0 aromatic heterocycles. The molecule has 2 aliphatic rings. The van der Waals surface area contributed by atoms with Gasteiger partial charge in [-0.05, 0) is 32.7 Å². The third kappa shape index (κ3) is 2.32. The Kier molecular flexibility index (Phi) is 3.28. The van der Waals surface area contributed by atoms with Crippen molar-refractivity contribution in [2.45, 2.75) is 38.1 Å². The van der Waals surface area contributed by atoms with Gasteiger partial charge in [0.1, 0.15) is 0 Å². The van der Waals surface area contributed by atoms with E-state index >= 15 is 0 Å². The van der Waals surface area contributed by atoms with Crippen LogP contribution in [0.15, 0.2) is 0 Å². The van der Waals surface area contributed by atoms with E-state index < -0.39 is 0 Å². The number of nitrogens with zero attached hydrogens (tertiary/aromatic N) is 2. The normalized spacial score (nSPS) is 25.9. The van der Waals surface area contributed by atoms with Crippen molar-refractivity contribution in [1.29, 1.82) is 5.26 Å². The van der Waals surface area contributed by atoms with E-state index in [1.54, 1.807) is 0 Å². The van der Waals surface area contributed by atoms with Crippen molar-refractivity contribution in [3.8, 4) is 6.07 Å². The molecule has 1 aliphatic heterocycles. The van der Waals surface area contributed by atoms with Crippen LogP contribution in [0.25, 0.3) is 0 Å². The molecule has 1 aliphatic carbocycles. The lowest BCUT2D eigenvalue weighted by Crippen LogP contribution is -2.45. The minimum absolute atomic E-state index is 0.0208. The van der Waals surface area contributed by atoms with Crippen LogP contribution in [0, 0.1) is 16.7 Å². The highest BCUT2D eigenvalue weighted by atomic mass is 16.5. The van der Waals surface area contributed by atoms with Crippen LogP contribution in [0.3, 0.4) is 0 Å². The van der Waals surface area contributed by atoms with E-state index in [9.17, 15) is 5.26 Å². The third-order valence-electron chi connectivity index (χ3n) is 3.91. The summed E-state index contributed by atoms with van der Waals surface area (Å²) in [7, 11) is 2.16. The zero-order chi connectivity index (χ0) is 10.7. The third-order valence-corrected chi connectivity index (χ3v) is 3.91. The second kappa shape index (κ2) is 4.51. The Balaban J connectivity index is 1.85. The molecule has 3 heteroatoms. The summed E-state index contributed by atoms with van der Waals surface area (Å²) in [4.78, 5) is 2.38. The van der Waals surface area contributed by atoms with E-state index in [2.05, 4.69) is 18.0 Å². The van der Waals surface area contributed by atoms with E-state index in [0.717, 1.165) is 45.4 Å². The molecule has 0 spiro atoms. The van der Waals surface area contributed by atoms with Crippen LogP contribution in [0.4, 0.5) is 0 Å². The largest absolute Gasteiger partial charge is 0.381 e. The Morgan fingerprint density at radius 2 is 2.07 bits per heavy atom. The van der Waals surface area contributed by atoms with Crippen LogP contribution in [0.1, 0.15) is 32.1 Å². The summed E-state index contributed by atoms with van der Waals surface area (Å²) in [5.41, 5.74) is -0.0208. The van der Waals surface area contributed by atoms with E-state index in [0.29, 0.717) is 6.04 Å². The molecule has 1 saturated carbocycles. The molecule has 84 valence electrons. The molecule has 0 amide bonds. The fraction of sp³-hybridized carbons (Fsp3) is 0.917. The standard InChI is InChI=1S/C12H20N2O/c1-14(11-3-7-15-8-4-11)10-12(9-13)5-2-6-12/h11H,2-8,10H2,1H3. The summed E-state index contributed by atoms with van der Waals surface area (Å²) in [5.74, 6) is 0. The molecule has 3 nitrogen and oxygen atoms in total. The Bertz CT molecular complexity index is 249. The monoisotopic (exact) mass is 208 g/mol. The topological polar surface area (TPSA) is 36.3 Å². The Hall–Kier alpha value is -0.590. The molecule has 0 radical (unpaired) electrons. The van der Waals surface area contributed by atoms with Gasteiger partial charge in [0, 0.05) is 25.8 Å². The van der Waals surface area contributed by atoms with E-state index in [-0.39, 0.29) is 5.41 Å². The van der Waals surface area contributed by atoms with Gasteiger partial charge < -0.3 is 9.64 Å². The van der Waals surface area contributed by atoms with Crippen LogP contribution in [-0.4, -0.2) is 37.7 Å². The van der Waals surface area contributed by atoms with Gasteiger partial charge in [0.05, 0.1) is 11.5 Å². The van der Waals surface area contributed by atoms with Crippen molar-refractivity contribution in [2.75, 3.05) is 26.8 Å². The summed E-state index contributed by atoms with van der Waals surface area (Å²) >= 11 is 0.